The van der Waals surface area contributed by atoms with Gasteiger partial charge in [0.1, 0.15) is 4.88 Å². The van der Waals surface area contributed by atoms with Crippen molar-refractivity contribution in [2.75, 3.05) is 23.0 Å². The number of nitrogens with zero attached hydrogens (tertiary/aromatic N) is 2. The average Bonchev–Trinajstić information content (AvgIpc) is 3.53. The molecule has 6 rings (SSSR count). The number of anilines is 1. The Morgan fingerprint density at radius 2 is 1.72 bits per heavy atom. The van der Waals surface area contributed by atoms with E-state index in [0.717, 1.165) is 47.5 Å². The summed E-state index contributed by atoms with van der Waals surface area (Å²) < 4.78 is 70.8. The first-order valence-corrected chi connectivity index (χ1v) is 19.7. The summed E-state index contributed by atoms with van der Waals surface area (Å²) in [5.41, 5.74) is 3.18. The maximum atomic E-state index is 11.4. The van der Waals surface area contributed by atoms with Gasteiger partial charge >= 0.3 is 29.6 Å². The average molecular weight is 705 g/mol. The minimum absolute atomic E-state index is 0. The topological polar surface area (TPSA) is 122 Å². The van der Waals surface area contributed by atoms with Gasteiger partial charge in [-0.2, -0.15) is 4.57 Å². The standard InChI is InChI=1S/C33H34N2O6S4.Na/c1-2-23(21-30-34(17-7-19-44(36,37)38)32-26-11-5-3-9-24(26)13-15-28(32)42-30)22-31-35(18-8-20-45(39,40)41)33-27-12-6-4-10-25(27)14-16-29(33)43-31;/h3-6,9-16,21-22,24,26H,2,7-8,17-20H2,1H3,(H-,36,37,38,39,40,41);/q;+1/p-1. The van der Waals surface area contributed by atoms with Gasteiger partial charge in [-0.3, -0.25) is 0 Å². The molecular weight excluding hydrogens is 672 g/mol. The second-order valence-electron chi connectivity index (χ2n) is 11.2. The minimum atomic E-state index is -4.34. The summed E-state index contributed by atoms with van der Waals surface area (Å²) in [6.07, 6.45) is 18.1. The van der Waals surface area contributed by atoms with E-state index < -0.39 is 31.7 Å². The summed E-state index contributed by atoms with van der Waals surface area (Å²) in [5.74, 6) is -0.515. The summed E-state index contributed by atoms with van der Waals surface area (Å²) in [5, 5.41) is 4.06. The van der Waals surface area contributed by atoms with Crippen molar-refractivity contribution in [1.82, 2.24) is 0 Å². The summed E-state index contributed by atoms with van der Waals surface area (Å²) in [7, 11) is -8.67. The number of rotatable bonds is 11. The Bertz CT molecular complexity index is 2010. The second-order valence-corrected chi connectivity index (χ2v) is 16.4. The molecule has 0 fully saturated rings. The number of hydrogen-bond donors (Lipinski definition) is 0. The quantitative estimate of drug-likeness (QED) is 0.170. The van der Waals surface area contributed by atoms with Crippen molar-refractivity contribution in [1.29, 1.82) is 0 Å². The smallest absolute Gasteiger partial charge is 0.748 e. The third-order valence-electron chi connectivity index (χ3n) is 8.18. The maximum Gasteiger partial charge on any atom is 1.00 e. The molecule has 2 aromatic carbocycles. The number of hydrogen-bond acceptors (Lipinski definition) is 9. The van der Waals surface area contributed by atoms with Crippen LogP contribution in [-0.4, -0.2) is 44.0 Å². The molecule has 2 aliphatic carbocycles. The number of thiazole rings is 1. The largest absolute Gasteiger partial charge is 1.00 e. The van der Waals surface area contributed by atoms with E-state index in [-0.39, 0.29) is 54.2 Å². The molecule has 0 N–H and O–H groups in total. The van der Waals surface area contributed by atoms with Crippen LogP contribution in [0.1, 0.15) is 47.7 Å². The van der Waals surface area contributed by atoms with Gasteiger partial charge in [0.05, 0.1) is 36.9 Å². The number of thioether (sulfide) groups is 1. The van der Waals surface area contributed by atoms with E-state index >= 15 is 0 Å². The van der Waals surface area contributed by atoms with Crippen molar-refractivity contribution in [2.24, 2.45) is 5.92 Å². The first-order valence-electron chi connectivity index (χ1n) is 14.9. The van der Waals surface area contributed by atoms with Crippen molar-refractivity contribution < 1.29 is 60.1 Å². The van der Waals surface area contributed by atoms with Gasteiger partial charge in [-0.05, 0) is 42.0 Å². The summed E-state index contributed by atoms with van der Waals surface area (Å²) >= 11 is 3.27. The minimum Gasteiger partial charge on any atom is -0.748 e. The van der Waals surface area contributed by atoms with Gasteiger partial charge in [-0.1, -0.05) is 90.7 Å². The fourth-order valence-corrected chi connectivity index (χ4v) is 9.50. The molecule has 0 spiro atoms. The third kappa shape index (κ3) is 7.99. The van der Waals surface area contributed by atoms with Crippen LogP contribution in [0.2, 0.25) is 0 Å². The summed E-state index contributed by atoms with van der Waals surface area (Å²) in [6.45, 7) is 2.86. The Morgan fingerprint density at radius 3 is 2.48 bits per heavy atom. The van der Waals surface area contributed by atoms with Gasteiger partial charge in [-0.25, -0.2) is 16.8 Å². The molecule has 8 nitrogen and oxygen atoms in total. The van der Waals surface area contributed by atoms with Crippen molar-refractivity contribution in [2.45, 2.75) is 43.5 Å². The van der Waals surface area contributed by atoms with E-state index in [2.05, 4.69) is 71.0 Å². The monoisotopic (exact) mass is 704 g/mol. The van der Waals surface area contributed by atoms with Crippen LogP contribution in [0, 0.1) is 5.92 Å². The van der Waals surface area contributed by atoms with Crippen LogP contribution in [0.3, 0.4) is 0 Å². The number of fused-ring (bicyclic) bond motifs is 6. The summed E-state index contributed by atoms with van der Waals surface area (Å²) in [6, 6.07) is 12.2. The molecule has 3 aromatic rings. The molecule has 2 heterocycles. The zero-order chi connectivity index (χ0) is 31.8. The number of aromatic nitrogens is 1. The normalized spacial score (nSPS) is 19.8. The summed E-state index contributed by atoms with van der Waals surface area (Å²) in [4.78, 5) is 4.30. The predicted octanol–water partition coefficient (Wildman–Crippen LogP) is 3.16. The Balaban J connectivity index is 0.00000417. The number of allylic oxidation sites excluding steroid dienone is 7. The van der Waals surface area contributed by atoms with Crippen LogP contribution in [0.25, 0.3) is 22.9 Å². The van der Waals surface area contributed by atoms with Crippen molar-refractivity contribution >= 4 is 71.9 Å². The fraction of sp³-hybridized carbons (Fsp3) is 0.303. The Kier molecular flexibility index (Phi) is 11.2. The Morgan fingerprint density at radius 1 is 0.978 bits per heavy atom. The molecule has 236 valence electrons. The molecule has 0 radical (unpaired) electrons. The molecule has 1 aliphatic heterocycles. The molecule has 1 aromatic heterocycles. The van der Waals surface area contributed by atoms with E-state index in [1.165, 1.54) is 0 Å². The van der Waals surface area contributed by atoms with Gasteiger partial charge in [0.2, 0.25) is 5.69 Å². The van der Waals surface area contributed by atoms with E-state index in [9.17, 15) is 25.9 Å². The van der Waals surface area contributed by atoms with Crippen LogP contribution >= 0.6 is 23.1 Å². The van der Waals surface area contributed by atoms with Crippen LogP contribution in [-0.2, 0) is 26.8 Å². The molecule has 0 saturated carbocycles. The van der Waals surface area contributed by atoms with Gasteiger partial charge in [0.15, 0.2) is 6.54 Å². The van der Waals surface area contributed by atoms with Gasteiger partial charge in [0.25, 0.3) is 5.01 Å². The zero-order valence-electron chi connectivity index (χ0n) is 25.7. The van der Waals surface area contributed by atoms with Crippen molar-refractivity contribution in [3.63, 3.8) is 0 Å². The van der Waals surface area contributed by atoms with Crippen molar-refractivity contribution in [3.05, 3.63) is 99.0 Å². The van der Waals surface area contributed by atoms with E-state index in [4.69, 9.17) is 0 Å². The van der Waals surface area contributed by atoms with Crippen LogP contribution in [0.15, 0.2) is 88.4 Å². The molecule has 0 amide bonds. The van der Waals surface area contributed by atoms with Crippen LogP contribution in [0.4, 0.5) is 5.69 Å². The first kappa shape index (κ1) is 35.3. The molecular formula is C33H33N2NaO6S4. The Labute approximate surface area is 301 Å². The van der Waals surface area contributed by atoms with Gasteiger partial charge < -0.3 is 14.0 Å². The van der Waals surface area contributed by atoms with Gasteiger partial charge in [0, 0.05) is 46.7 Å². The molecule has 3 aliphatic rings. The third-order valence-corrected chi connectivity index (χ3v) is 12.0. The molecule has 0 bridgehead atoms. The first-order chi connectivity index (χ1) is 21.5. The van der Waals surface area contributed by atoms with Crippen LogP contribution < -0.4 is 39.0 Å². The van der Waals surface area contributed by atoms with E-state index in [1.54, 1.807) is 23.1 Å². The number of benzene rings is 2. The molecule has 0 saturated heterocycles. The SMILES string of the molecule is CCC(=Cc1sc2c([n+]1CCCS(=O)(=O)[O-])C1C=CC=CC1C=C2)C=C1Sc2ccc3ccccc3c2N1CCCS(=O)(=O)[O-].[Na+]. The molecule has 46 heavy (non-hydrogen) atoms. The second kappa shape index (κ2) is 14.6. The molecule has 2 atom stereocenters. The fourth-order valence-electron chi connectivity index (χ4n) is 6.12. The van der Waals surface area contributed by atoms with E-state index in [0.29, 0.717) is 19.5 Å². The molecule has 13 heteroatoms. The predicted molar refractivity (Wildman–Crippen MR) is 180 cm³/mol. The maximum absolute atomic E-state index is 11.4. The Hall–Kier alpha value is -2.00. The van der Waals surface area contributed by atoms with E-state index in [1.807, 2.05) is 30.4 Å². The zero-order valence-corrected chi connectivity index (χ0v) is 30.9. The van der Waals surface area contributed by atoms with Crippen LogP contribution in [0.5, 0.6) is 0 Å². The molecule has 2 unspecified atom stereocenters. The van der Waals surface area contributed by atoms with Crippen molar-refractivity contribution in [3.8, 4) is 0 Å². The van der Waals surface area contributed by atoms with Gasteiger partial charge in [-0.15, -0.1) is 0 Å².